The molecule has 3 rings (SSSR count). The van der Waals surface area contributed by atoms with Gasteiger partial charge in [-0.25, -0.2) is 8.42 Å². The van der Waals surface area contributed by atoms with Gasteiger partial charge in [-0.15, -0.1) is 0 Å². The Morgan fingerprint density at radius 3 is 2.76 bits per heavy atom. The molecule has 21 heavy (non-hydrogen) atoms. The number of primary amides is 1. The van der Waals surface area contributed by atoms with Crippen molar-refractivity contribution in [1.29, 1.82) is 0 Å². The first kappa shape index (κ1) is 14.6. The van der Waals surface area contributed by atoms with Crippen molar-refractivity contribution in [2.24, 2.45) is 24.6 Å². The number of carbonyl (C=O) groups excluding carboxylic acids is 1. The van der Waals surface area contributed by atoms with Crippen molar-refractivity contribution in [2.75, 3.05) is 26.2 Å². The highest BCUT2D eigenvalue weighted by molar-refractivity contribution is 7.89. The van der Waals surface area contributed by atoms with E-state index in [2.05, 4.69) is 5.32 Å². The maximum atomic E-state index is 12.7. The molecule has 0 aromatic carbocycles. The van der Waals surface area contributed by atoms with Crippen LogP contribution >= 0.6 is 0 Å². The monoisotopic (exact) mass is 312 g/mol. The number of hydrogen-bond acceptors (Lipinski definition) is 4. The summed E-state index contributed by atoms with van der Waals surface area (Å²) in [7, 11) is -1.94. The van der Waals surface area contributed by atoms with Gasteiger partial charge in [0.25, 0.3) is 5.91 Å². The number of nitrogens with two attached hydrogens (primary N) is 1. The third kappa shape index (κ3) is 2.47. The average molecular weight is 312 g/mol. The molecule has 0 saturated carbocycles. The number of fused-ring (bicyclic) bond motifs is 1. The van der Waals surface area contributed by atoms with E-state index < -0.39 is 15.9 Å². The lowest BCUT2D eigenvalue weighted by molar-refractivity contribution is 0.0992. The summed E-state index contributed by atoms with van der Waals surface area (Å²) in [5.74, 6) is 0.332. The summed E-state index contributed by atoms with van der Waals surface area (Å²) in [5.41, 5.74) is 5.44. The number of aryl methyl sites for hydroxylation is 1. The Bertz CT molecular complexity index is 667. The second-order valence-electron chi connectivity index (χ2n) is 5.87. The molecule has 0 spiro atoms. The molecule has 2 fully saturated rings. The van der Waals surface area contributed by atoms with E-state index in [0.717, 1.165) is 19.5 Å². The van der Waals surface area contributed by atoms with E-state index in [1.54, 1.807) is 7.05 Å². The number of carbonyl (C=O) groups is 1. The van der Waals surface area contributed by atoms with Crippen LogP contribution in [-0.4, -0.2) is 49.4 Å². The molecule has 2 aliphatic heterocycles. The Morgan fingerprint density at radius 1 is 1.38 bits per heavy atom. The van der Waals surface area contributed by atoms with Crippen LogP contribution in [0.2, 0.25) is 0 Å². The van der Waals surface area contributed by atoms with E-state index in [9.17, 15) is 13.2 Å². The highest BCUT2D eigenvalue weighted by Crippen LogP contribution is 2.30. The Kier molecular flexibility index (Phi) is 3.54. The Hall–Kier alpha value is -1.38. The van der Waals surface area contributed by atoms with Crippen molar-refractivity contribution in [2.45, 2.75) is 11.3 Å². The van der Waals surface area contributed by atoms with Crippen LogP contribution in [0.4, 0.5) is 0 Å². The van der Waals surface area contributed by atoms with Gasteiger partial charge in [-0.3, -0.25) is 4.79 Å². The standard InChI is InChI=1S/C13H20N4O3S/c1-16-8-11(4-12(16)13(14)18)21(19,20)17-3-2-9-5-15-6-10(9)7-17/h4,8-10,15H,2-3,5-7H2,1H3,(H2,14,18). The first-order valence-electron chi connectivity index (χ1n) is 7.06. The van der Waals surface area contributed by atoms with Gasteiger partial charge >= 0.3 is 0 Å². The predicted octanol–water partition coefficient (Wildman–Crippen LogP) is -0.646. The minimum Gasteiger partial charge on any atom is -0.364 e. The topological polar surface area (TPSA) is 97.4 Å². The summed E-state index contributed by atoms with van der Waals surface area (Å²) >= 11 is 0. The van der Waals surface area contributed by atoms with Crippen molar-refractivity contribution < 1.29 is 13.2 Å². The van der Waals surface area contributed by atoms with Gasteiger partial charge in [0.15, 0.2) is 0 Å². The van der Waals surface area contributed by atoms with E-state index in [0.29, 0.717) is 24.9 Å². The molecule has 1 aromatic rings. The molecule has 3 N–H and O–H groups in total. The molecular formula is C13H20N4O3S. The van der Waals surface area contributed by atoms with Gasteiger partial charge in [0.2, 0.25) is 10.0 Å². The fraction of sp³-hybridized carbons (Fsp3) is 0.615. The molecule has 2 aliphatic rings. The normalized spacial score (nSPS) is 26.7. The molecule has 2 atom stereocenters. The van der Waals surface area contributed by atoms with Crippen LogP contribution < -0.4 is 11.1 Å². The van der Waals surface area contributed by atoms with Crippen molar-refractivity contribution >= 4 is 15.9 Å². The zero-order valence-electron chi connectivity index (χ0n) is 11.9. The van der Waals surface area contributed by atoms with E-state index >= 15 is 0 Å². The first-order valence-corrected chi connectivity index (χ1v) is 8.50. The molecular weight excluding hydrogens is 292 g/mol. The van der Waals surface area contributed by atoms with Crippen LogP contribution in [0.25, 0.3) is 0 Å². The molecule has 116 valence electrons. The largest absolute Gasteiger partial charge is 0.364 e. The van der Waals surface area contributed by atoms with Gasteiger partial charge in [0.05, 0.1) is 0 Å². The van der Waals surface area contributed by atoms with Crippen molar-refractivity contribution in [3.63, 3.8) is 0 Å². The average Bonchev–Trinajstić information content (AvgIpc) is 3.03. The fourth-order valence-corrected chi connectivity index (χ4v) is 4.87. The van der Waals surface area contributed by atoms with Gasteiger partial charge in [-0.1, -0.05) is 0 Å². The molecule has 3 heterocycles. The predicted molar refractivity (Wildman–Crippen MR) is 77.2 cm³/mol. The lowest BCUT2D eigenvalue weighted by Gasteiger charge is -2.33. The number of piperidine rings is 1. The van der Waals surface area contributed by atoms with Gasteiger partial charge < -0.3 is 15.6 Å². The zero-order chi connectivity index (χ0) is 15.2. The van der Waals surface area contributed by atoms with Gasteiger partial charge in [-0.05, 0) is 37.4 Å². The second-order valence-corrected chi connectivity index (χ2v) is 7.80. The number of aromatic nitrogens is 1. The summed E-state index contributed by atoms with van der Waals surface area (Å²) in [6, 6.07) is 1.36. The number of hydrogen-bond donors (Lipinski definition) is 2. The third-order valence-electron chi connectivity index (χ3n) is 4.54. The number of nitrogens with zero attached hydrogens (tertiary/aromatic N) is 2. The summed E-state index contributed by atoms with van der Waals surface area (Å²) in [4.78, 5) is 11.4. The molecule has 2 saturated heterocycles. The number of rotatable bonds is 3. The SMILES string of the molecule is Cn1cc(S(=O)(=O)N2CCC3CNCC3C2)cc1C(N)=O. The summed E-state index contributed by atoms with van der Waals surface area (Å²) in [6.45, 7) is 2.93. The molecule has 0 bridgehead atoms. The molecule has 8 heteroatoms. The number of nitrogens with one attached hydrogen (secondary N) is 1. The van der Waals surface area contributed by atoms with Crippen LogP contribution in [0, 0.1) is 11.8 Å². The Balaban J connectivity index is 1.86. The molecule has 2 unspecified atom stereocenters. The van der Waals surface area contributed by atoms with Crippen LogP contribution in [0.15, 0.2) is 17.2 Å². The summed E-state index contributed by atoms with van der Waals surface area (Å²) < 4.78 is 28.4. The Morgan fingerprint density at radius 2 is 2.10 bits per heavy atom. The molecule has 7 nitrogen and oxygen atoms in total. The van der Waals surface area contributed by atoms with Gasteiger partial charge in [0, 0.05) is 26.3 Å². The maximum Gasteiger partial charge on any atom is 0.265 e. The van der Waals surface area contributed by atoms with Crippen molar-refractivity contribution in [3.05, 3.63) is 18.0 Å². The molecule has 1 amide bonds. The second kappa shape index (κ2) is 5.11. The maximum absolute atomic E-state index is 12.7. The van der Waals surface area contributed by atoms with E-state index in [-0.39, 0.29) is 10.6 Å². The quantitative estimate of drug-likeness (QED) is 0.775. The lowest BCUT2D eigenvalue weighted by Crippen LogP contribution is -2.43. The molecule has 1 aromatic heterocycles. The van der Waals surface area contributed by atoms with E-state index in [4.69, 9.17) is 5.73 Å². The zero-order valence-corrected chi connectivity index (χ0v) is 12.8. The fourth-order valence-electron chi connectivity index (χ4n) is 3.29. The van der Waals surface area contributed by atoms with Gasteiger partial charge in [0.1, 0.15) is 10.6 Å². The first-order chi connectivity index (χ1) is 9.89. The van der Waals surface area contributed by atoms with Crippen LogP contribution in [0.5, 0.6) is 0 Å². The van der Waals surface area contributed by atoms with E-state index in [1.807, 2.05) is 0 Å². The highest BCUT2D eigenvalue weighted by Gasteiger charge is 2.38. The summed E-state index contributed by atoms with van der Waals surface area (Å²) in [6.07, 6.45) is 2.33. The lowest BCUT2D eigenvalue weighted by atomic mass is 9.90. The highest BCUT2D eigenvalue weighted by atomic mass is 32.2. The minimum atomic E-state index is -3.56. The number of amides is 1. The smallest absolute Gasteiger partial charge is 0.265 e. The van der Waals surface area contributed by atoms with Crippen molar-refractivity contribution in [1.82, 2.24) is 14.2 Å². The summed E-state index contributed by atoms with van der Waals surface area (Å²) in [5, 5.41) is 3.32. The van der Waals surface area contributed by atoms with Crippen LogP contribution in [0.1, 0.15) is 16.9 Å². The van der Waals surface area contributed by atoms with Crippen molar-refractivity contribution in [3.8, 4) is 0 Å². The van der Waals surface area contributed by atoms with Gasteiger partial charge in [-0.2, -0.15) is 4.31 Å². The van der Waals surface area contributed by atoms with E-state index in [1.165, 1.54) is 21.1 Å². The van der Waals surface area contributed by atoms with Crippen LogP contribution in [-0.2, 0) is 17.1 Å². The molecule has 0 radical (unpaired) electrons. The number of sulfonamides is 1. The Labute approximate surface area is 124 Å². The van der Waals surface area contributed by atoms with Crippen LogP contribution in [0.3, 0.4) is 0 Å². The third-order valence-corrected chi connectivity index (χ3v) is 6.37. The molecule has 0 aliphatic carbocycles. The minimum absolute atomic E-state index is 0.142.